The Labute approximate surface area is 258 Å². The first-order chi connectivity index (χ1) is 21.2. The molecule has 3 aromatic rings. The number of ether oxygens (including phenoxy) is 4. The summed E-state index contributed by atoms with van der Waals surface area (Å²) in [5.74, 6) is 0.887. The molecule has 0 aromatic heterocycles. The molecule has 1 atom stereocenters. The van der Waals surface area contributed by atoms with Crippen LogP contribution in [0.25, 0.3) is 0 Å². The summed E-state index contributed by atoms with van der Waals surface area (Å²) in [6, 6.07) is 20.2. The molecule has 1 saturated heterocycles. The molecule has 1 fully saturated rings. The predicted molar refractivity (Wildman–Crippen MR) is 164 cm³/mol. The molecule has 0 bridgehead atoms. The van der Waals surface area contributed by atoms with Crippen LogP contribution in [0.3, 0.4) is 0 Å². The van der Waals surface area contributed by atoms with Crippen molar-refractivity contribution in [3.05, 3.63) is 83.9 Å². The van der Waals surface area contributed by atoms with E-state index in [4.69, 9.17) is 18.9 Å². The van der Waals surface area contributed by atoms with Crippen LogP contribution in [0.15, 0.2) is 77.7 Å². The van der Waals surface area contributed by atoms with Crippen molar-refractivity contribution < 1.29 is 37.0 Å². The van der Waals surface area contributed by atoms with E-state index >= 15 is 0 Å². The third kappa shape index (κ3) is 8.49. The third-order valence-corrected chi connectivity index (χ3v) is 9.23. The van der Waals surface area contributed by atoms with Crippen molar-refractivity contribution in [1.82, 2.24) is 14.5 Å². The molecule has 2 amide bonds. The molecule has 11 nitrogen and oxygen atoms in total. The quantitative estimate of drug-likeness (QED) is 0.290. The Balaban J connectivity index is 1.37. The molecule has 3 aromatic carbocycles. The van der Waals surface area contributed by atoms with Gasteiger partial charge in [0.2, 0.25) is 15.9 Å². The second-order valence-corrected chi connectivity index (χ2v) is 12.1. The Hall–Kier alpha value is -4.13. The Morgan fingerprint density at radius 3 is 2.27 bits per heavy atom. The number of rotatable bonds is 14. The van der Waals surface area contributed by atoms with E-state index in [2.05, 4.69) is 5.32 Å². The van der Waals surface area contributed by atoms with Crippen LogP contribution in [0.1, 0.15) is 18.1 Å². The molecule has 0 saturated carbocycles. The molecule has 1 N–H and O–H groups in total. The second-order valence-electron chi connectivity index (χ2n) is 10.2. The van der Waals surface area contributed by atoms with Crippen LogP contribution in [0.2, 0.25) is 0 Å². The van der Waals surface area contributed by atoms with Crippen molar-refractivity contribution >= 4 is 21.8 Å². The number of hydrogen-bond acceptors (Lipinski definition) is 8. The van der Waals surface area contributed by atoms with Crippen LogP contribution in [-0.2, 0) is 37.3 Å². The summed E-state index contributed by atoms with van der Waals surface area (Å²) in [6.07, 6.45) is 0.561. The lowest BCUT2D eigenvalue weighted by Gasteiger charge is -2.29. The first-order valence-corrected chi connectivity index (χ1v) is 15.8. The Kier molecular flexibility index (Phi) is 11.6. The SMILES string of the molecule is COc1ccc(CCNC(=O)C(C)N(Cc2ccccc2)C(=O)COc2ccc(S(=O)(=O)N3CCOCC3)cc2)cc1OC. The molecule has 1 heterocycles. The van der Waals surface area contributed by atoms with E-state index in [1.165, 1.54) is 33.5 Å². The highest BCUT2D eigenvalue weighted by Crippen LogP contribution is 2.27. The van der Waals surface area contributed by atoms with Gasteiger partial charge in [-0.05, 0) is 60.9 Å². The van der Waals surface area contributed by atoms with E-state index in [-0.39, 0.29) is 29.9 Å². The summed E-state index contributed by atoms with van der Waals surface area (Å²) >= 11 is 0. The minimum Gasteiger partial charge on any atom is -0.493 e. The lowest BCUT2D eigenvalue weighted by molar-refractivity contribution is -0.142. The van der Waals surface area contributed by atoms with Gasteiger partial charge in [-0.25, -0.2) is 8.42 Å². The van der Waals surface area contributed by atoms with Gasteiger partial charge in [-0.15, -0.1) is 0 Å². The fourth-order valence-electron chi connectivity index (χ4n) is 4.75. The summed E-state index contributed by atoms with van der Waals surface area (Å²) in [7, 11) is -0.504. The lowest BCUT2D eigenvalue weighted by atomic mass is 10.1. The summed E-state index contributed by atoms with van der Waals surface area (Å²) in [5, 5.41) is 2.92. The number of nitrogens with zero attached hydrogens (tertiary/aromatic N) is 2. The third-order valence-electron chi connectivity index (χ3n) is 7.32. The topological polar surface area (TPSA) is 124 Å². The van der Waals surface area contributed by atoms with E-state index in [0.717, 1.165) is 11.1 Å². The van der Waals surface area contributed by atoms with Crippen molar-refractivity contribution in [3.63, 3.8) is 0 Å². The van der Waals surface area contributed by atoms with Gasteiger partial charge in [-0.1, -0.05) is 36.4 Å². The number of hydrogen-bond donors (Lipinski definition) is 1. The van der Waals surface area contributed by atoms with Crippen LogP contribution >= 0.6 is 0 Å². The molecule has 0 aliphatic carbocycles. The zero-order chi connectivity index (χ0) is 31.5. The van der Waals surface area contributed by atoms with Gasteiger partial charge in [0.25, 0.3) is 5.91 Å². The van der Waals surface area contributed by atoms with Gasteiger partial charge < -0.3 is 29.2 Å². The largest absolute Gasteiger partial charge is 0.493 e. The highest BCUT2D eigenvalue weighted by Gasteiger charge is 2.28. The maximum atomic E-state index is 13.4. The smallest absolute Gasteiger partial charge is 0.261 e. The Morgan fingerprint density at radius 2 is 1.61 bits per heavy atom. The molecule has 12 heteroatoms. The van der Waals surface area contributed by atoms with Crippen LogP contribution in [0, 0.1) is 0 Å². The van der Waals surface area contributed by atoms with Crippen LogP contribution in [-0.4, -0.2) is 89.2 Å². The minimum atomic E-state index is -3.64. The van der Waals surface area contributed by atoms with Crippen molar-refractivity contribution in [2.45, 2.75) is 30.8 Å². The van der Waals surface area contributed by atoms with Crippen LogP contribution in [0.5, 0.6) is 17.2 Å². The molecule has 0 radical (unpaired) electrons. The van der Waals surface area contributed by atoms with E-state index < -0.39 is 16.1 Å². The summed E-state index contributed by atoms with van der Waals surface area (Å²) in [4.78, 5) is 28.2. The molecule has 1 unspecified atom stereocenters. The van der Waals surface area contributed by atoms with Crippen molar-refractivity contribution in [1.29, 1.82) is 0 Å². The van der Waals surface area contributed by atoms with Gasteiger partial charge in [0.1, 0.15) is 11.8 Å². The Bertz CT molecular complexity index is 1490. The zero-order valence-corrected chi connectivity index (χ0v) is 26.0. The average molecular weight is 626 g/mol. The highest BCUT2D eigenvalue weighted by molar-refractivity contribution is 7.89. The van der Waals surface area contributed by atoms with Crippen molar-refractivity contribution in [2.24, 2.45) is 0 Å². The van der Waals surface area contributed by atoms with Gasteiger partial charge in [-0.2, -0.15) is 4.31 Å². The standard InChI is InChI=1S/C32H39N3O8S/c1-24(32(37)33-16-15-25-9-14-29(40-2)30(21-25)41-3)35(22-26-7-5-4-6-8-26)31(36)23-43-27-10-12-28(13-11-27)44(38,39)34-17-19-42-20-18-34/h4-14,21,24H,15-20,22-23H2,1-3H3,(H,33,37). The van der Waals surface area contributed by atoms with Crippen LogP contribution < -0.4 is 19.5 Å². The molecular formula is C32H39N3O8S. The molecule has 1 aliphatic rings. The Morgan fingerprint density at radius 1 is 0.932 bits per heavy atom. The number of carbonyl (C=O) groups is 2. The number of nitrogens with one attached hydrogen (secondary N) is 1. The lowest BCUT2D eigenvalue weighted by Crippen LogP contribution is -2.49. The number of sulfonamides is 1. The predicted octanol–water partition coefficient (Wildman–Crippen LogP) is 2.88. The zero-order valence-electron chi connectivity index (χ0n) is 25.2. The maximum absolute atomic E-state index is 13.4. The van der Waals surface area contributed by atoms with Gasteiger partial charge in [0.05, 0.1) is 32.3 Å². The minimum absolute atomic E-state index is 0.141. The maximum Gasteiger partial charge on any atom is 0.261 e. The normalized spacial score (nSPS) is 14.3. The van der Waals surface area contributed by atoms with Gasteiger partial charge >= 0.3 is 0 Å². The van der Waals surface area contributed by atoms with E-state index in [1.807, 2.05) is 48.5 Å². The fraction of sp³-hybridized carbons (Fsp3) is 0.375. The molecule has 4 rings (SSSR count). The number of methoxy groups -OCH3 is 2. The second kappa shape index (κ2) is 15.6. The fourth-order valence-corrected chi connectivity index (χ4v) is 6.16. The van der Waals surface area contributed by atoms with Gasteiger partial charge in [0, 0.05) is 26.2 Å². The average Bonchev–Trinajstić information content (AvgIpc) is 3.06. The van der Waals surface area contributed by atoms with E-state index in [1.54, 1.807) is 21.1 Å². The summed E-state index contributed by atoms with van der Waals surface area (Å²) < 4.78 is 48.8. The highest BCUT2D eigenvalue weighted by atomic mass is 32.2. The first kappa shape index (κ1) is 32.8. The molecule has 0 spiro atoms. The monoisotopic (exact) mass is 625 g/mol. The van der Waals surface area contributed by atoms with Crippen molar-refractivity contribution in [3.8, 4) is 17.2 Å². The number of morpholine rings is 1. The van der Waals surface area contributed by atoms with E-state index in [0.29, 0.717) is 56.5 Å². The molecule has 236 valence electrons. The van der Waals surface area contributed by atoms with E-state index in [9.17, 15) is 18.0 Å². The van der Waals surface area contributed by atoms with Crippen molar-refractivity contribution in [2.75, 3.05) is 53.7 Å². The van der Waals surface area contributed by atoms with Crippen LogP contribution in [0.4, 0.5) is 0 Å². The molecular weight excluding hydrogens is 586 g/mol. The van der Waals surface area contributed by atoms with Gasteiger partial charge in [0.15, 0.2) is 18.1 Å². The van der Waals surface area contributed by atoms with Gasteiger partial charge in [-0.3, -0.25) is 9.59 Å². The molecule has 1 aliphatic heterocycles. The summed E-state index contributed by atoms with van der Waals surface area (Å²) in [6.45, 7) is 3.24. The number of amides is 2. The summed E-state index contributed by atoms with van der Waals surface area (Å²) in [5.41, 5.74) is 1.83. The number of benzene rings is 3. The first-order valence-electron chi connectivity index (χ1n) is 14.4. The molecule has 44 heavy (non-hydrogen) atoms. The number of carbonyl (C=O) groups excluding carboxylic acids is 2.